The smallest absolute Gasteiger partial charge is 0.422 e. The third kappa shape index (κ3) is 5.83. The average molecular weight is 244 g/mol. The van der Waals surface area contributed by atoms with E-state index in [0.29, 0.717) is 12.0 Å². The minimum absolute atomic E-state index is 0.0444. The summed E-state index contributed by atoms with van der Waals surface area (Å²) >= 11 is 0. The number of alkyl halides is 3. The fourth-order valence-electron chi connectivity index (χ4n) is 1.05. The zero-order chi connectivity index (χ0) is 12.7. The van der Waals surface area contributed by atoms with Gasteiger partial charge in [-0.1, -0.05) is 17.9 Å². The summed E-state index contributed by atoms with van der Waals surface area (Å²) in [5, 5.41) is 8.52. The summed E-state index contributed by atoms with van der Waals surface area (Å²) in [6, 6.07) is 6.08. The van der Waals surface area contributed by atoms with Crippen LogP contribution in [0.4, 0.5) is 13.2 Å². The summed E-state index contributed by atoms with van der Waals surface area (Å²) in [7, 11) is 0. The number of hydrogen-bond donors (Lipinski definition) is 1. The highest BCUT2D eigenvalue weighted by Gasteiger charge is 2.28. The number of rotatable bonds is 3. The number of hydrogen-bond acceptors (Lipinski definition) is 2. The molecule has 0 saturated carbocycles. The van der Waals surface area contributed by atoms with Crippen molar-refractivity contribution in [3.05, 3.63) is 29.8 Å². The molecule has 1 aromatic carbocycles. The molecule has 0 aliphatic heterocycles. The minimum atomic E-state index is -4.35. The van der Waals surface area contributed by atoms with Crippen LogP contribution in [0.15, 0.2) is 24.3 Å². The van der Waals surface area contributed by atoms with Crippen LogP contribution in [0.3, 0.4) is 0 Å². The Balaban J connectivity index is 2.64. The van der Waals surface area contributed by atoms with Crippen molar-refractivity contribution in [2.45, 2.75) is 12.6 Å². The SMILES string of the molecule is OCCC#Cc1cccc(OCC(F)(F)F)c1. The lowest BCUT2D eigenvalue weighted by Gasteiger charge is -2.08. The van der Waals surface area contributed by atoms with Gasteiger partial charge < -0.3 is 9.84 Å². The first-order valence-corrected chi connectivity index (χ1v) is 4.90. The second-order valence-corrected chi connectivity index (χ2v) is 3.21. The van der Waals surface area contributed by atoms with E-state index in [2.05, 4.69) is 16.6 Å². The van der Waals surface area contributed by atoms with Crippen LogP contribution in [0.2, 0.25) is 0 Å². The summed E-state index contributed by atoms with van der Waals surface area (Å²) in [6.07, 6.45) is -4.02. The lowest BCUT2D eigenvalue weighted by Crippen LogP contribution is -2.19. The molecule has 17 heavy (non-hydrogen) atoms. The molecule has 1 aromatic rings. The molecule has 0 radical (unpaired) electrons. The fraction of sp³-hybridized carbons (Fsp3) is 0.333. The van der Waals surface area contributed by atoms with Gasteiger partial charge in [-0.3, -0.25) is 0 Å². The van der Waals surface area contributed by atoms with Crippen LogP contribution in [0, 0.1) is 11.8 Å². The topological polar surface area (TPSA) is 29.5 Å². The Kier molecular flexibility index (Phi) is 4.85. The van der Waals surface area contributed by atoms with Gasteiger partial charge in [-0.2, -0.15) is 13.2 Å². The Morgan fingerprint density at radius 2 is 2.06 bits per heavy atom. The summed E-state index contributed by atoms with van der Waals surface area (Å²) in [5.74, 6) is 5.51. The van der Waals surface area contributed by atoms with Gasteiger partial charge in [0.2, 0.25) is 0 Å². The Bertz CT molecular complexity index is 416. The van der Waals surface area contributed by atoms with Gasteiger partial charge in [-0.25, -0.2) is 0 Å². The van der Waals surface area contributed by atoms with Gasteiger partial charge in [0.05, 0.1) is 6.61 Å². The monoisotopic (exact) mass is 244 g/mol. The molecule has 0 heterocycles. The third-order valence-corrected chi connectivity index (χ3v) is 1.71. The van der Waals surface area contributed by atoms with Crippen molar-refractivity contribution in [1.29, 1.82) is 0 Å². The lowest BCUT2D eigenvalue weighted by molar-refractivity contribution is -0.153. The van der Waals surface area contributed by atoms with Crippen molar-refractivity contribution >= 4 is 0 Å². The molecule has 1 rings (SSSR count). The van der Waals surface area contributed by atoms with E-state index in [1.54, 1.807) is 12.1 Å². The molecule has 0 bridgehead atoms. The van der Waals surface area contributed by atoms with Crippen LogP contribution in [0.5, 0.6) is 5.75 Å². The zero-order valence-electron chi connectivity index (χ0n) is 8.92. The Hall–Kier alpha value is -1.67. The lowest BCUT2D eigenvalue weighted by atomic mass is 10.2. The molecule has 0 atom stereocenters. The highest BCUT2D eigenvalue weighted by atomic mass is 19.4. The molecule has 0 aromatic heterocycles. The van der Waals surface area contributed by atoms with Gasteiger partial charge in [0.15, 0.2) is 6.61 Å². The normalized spacial score (nSPS) is 10.6. The number of halogens is 3. The molecule has 92 valence electrons. The van der Waals surface area contributed by atoms with E-state index >= 15 is 0 Å². The van der Waals surface area contributed by atoms with E-state index in [4.69, 9.17) is 5.11 Å². The molecule has 5 heteroatoms. The Morgan fingerprint density at radius 3 is 2.71 bits per heavy atom. The van der Waals surface area contributed by atoms with Crippen LogP contribution >= 0.6 is 0 Å². The molecule has 0 amide bonds. The van der Waals surface area contributed by atoms with Crippen molar-refractivity contribution in [2.75, 3.05) is 13.2 Å². The van der Waals surface area contributed by atoms with E-state index in [9.17, 15) is 13.2 Å². The predicted molar refractivity (Wildman–Crippen MR) is 56.6 cm³/mol. The van der Waals surface area contributed by atoms with Crippen molar-refractivity contribution in [1.82, 2.24) is 0 Å². The van der Waals surface area contributed by atoms with Gasteiger partial charge in [-0.15, -0.1) is 0 Å². The maximum Gasteiger partial charge on any atom is 0.422 e. The number of aliphatic hydroxyl groups excluding tert-OH is 1. The quantitative estimate of drug-likeness (QED) is 0.827. The van der Waals surface area contributed by atoms with E-state index < -0.39 is 12.8 Å². The van der Waals surface area contributed by atoms with Crippen LogP contribution < -0.4 is 4.74 Å². The van der Waals surface area contributed by atoms with E-state index in [1.165, 1.54) is 12.1 Å². The second-order valence-electron chi connectivity index (χ2n) is 3.21. The van der Waals surface area contributed by atoms with E-state index in [-0.39, 0.29) is 12.4 Å². The number of aliphatic hydroxyl groups is 1. The van der Waals surface area contributed by atoms with Gasteiger partial charge in [-0.05, 0) is 18.2 Å². The van der Waals surface area contributed by atoms with Gasteiger partial charge in [0.25, 0.3) is 0 Å². The number of benzene rings is 1. The van der Waals surface area contributed by atoms with E-state index in [0.717, 1.165) is 0 Å². The molecule has 0 unspecified atom stereocenters. The molecule has 0 saturated heterocycles. The molecule has 0 fully saturated rings. The third-order valence-electron chi connectivity index (χ3n) is 1.71. The molecule has 0 aliphatic rings. The Labute approximate surface area is 97.0 Å². The van der Waals surface area contributed by atoms with Gasteiger partial charge in [0, 0.05) is 12.0 Å². The molecular weight excluding hydrogens is 233 g/mol. The summed E-state index contributed by atoms with van der Waals surface area (Å²) in [5.41, 5.74) is 0.554. The maximum absolute atomic E-state index is 11.9. The van der Waals surface area contributed by atoms with Crippen molar-refractivity contribution in [3.63, 3.8) is 0 Å². The van der Waals surface area contributed by atoms with Crippen LogP contribution in [0.1, 0.15) is 12.0 Å². The fourth-order valence-corrected chi connectivity index (χ4v) is 1.05. The Morgan fingerprint density at radius 1 is 1.29 bits per heavy atom. The zero-order valence-corrected chi connectivity index (χ0v) is 8.92. The predicted octanol–water partition coefficient (Wildman–Crippen LogP) is 2.36. The first-order chi connectivity index (χ1) is 8.01. The minimum Gasteiger partial charge on any atom is -0.484 e. The largest absolute Gasteiger partial charge is 0.484 e. The number of ether oxygens (including phenoxy) is 1. The molecule has 2 nitrogen and oxygen atoms in total. The average Bonchev–Trinajstić information content (AvgIpc) is 2.27. The molecule has 0 aliphatic carbocycles. The maximum atomic E-state index is 11.9. The molecule has 1 N–H and O–H groups in total. The van der Waals surface area contributed by atoms with Crippen LogP contribution in [-0.2, 0) is 0 Å². The highest BCUT2D eigenvalue weighted by Crippen LogP contribution is 2.19. The van der Waals surface area contributed by atoms with E-state index in [1.807, 2.05) is 0 Å². The summed E-state index contributed by atoms with van der Waals surface area (Å²) < 4.78 is 40.3. The van der Waals surface area contributed by atoms with Crippen LogP contribution in [-0.4, -0.2) is 24.5 Å². The summed E-state index contributed by atoms with van der Waals surface area (Å²) in [6.45, 7) is -1.36. The first-order valence-electron chi connectivity index (χ1n) is 4.90. The highest BCUT2D eigenvalue weighted by molar-refractivity contribution is 5.39. The van der Waals surface area contributed by atoms with Crippen LogP contribution in [0.25, 0.3) is 0 Å². The van der Waals surface area contributed by atoms with Gasteiger partial charge >= 0.3 is 6.18 Å². The van der Waals surface area contributed by atoms with Gasteiger partial charge in [0.1, 0.15) is 5.75 Å². The standard InChI is InChI=1S/C12H11F3O2/c13-12(14,15)9-17-11-6-3-5-10(8-11)4-1-2-7-16/h3,5-6,8,16H,2,7,9H2. The second kappa shape index (κ2) is 6.16. The molecular formula is C12H11F3O2. The van der Waals surface area contributed by atoms with Crippen molar-refractivity contribution in [3.8, 4) is 17.6 Å². The summed E-state index contributed by atoms with van der Waals surface area (Å²) in [4.78, 5) is 0. The molecule has 0 spiro atoms. The first kappa shape index (κ1) is 13.4. The van der Waals surface area contributed by atoms with Crippen molar-refractivity contribution < 1.29 is 23.0 Å². The van der Waals surface area contributed by atoms with Crippen molar-refractivity contribution in [2.24, 2.45) is 0 Å².